The van der Waals surface area contributed by atoms with Crippen LogP contribution in [0.15, 0.2) is 4.42 Å². The number of hydrogen-bond acceptors (Lipinski definition) is 5. The molecule has 0 aliphatic carbocycles. The third-order valence-electron chi connectivity index (χ3n) is 2.53. The fourth-order valence-electron chi connectivity index (χ4n) is 1.17. The first-order valence-corrected chi connectivity index (χ1v) is 5.40. The predicted octanol–water partition coefficient (Wildman–Crippen LogP) is 2.19. The molecule has 5 heteroatoms. The molecule has 0 saturated carbocycles. The van der Waals surface area contributed by atoms with Crippen molar-refractivity contribution in [2.75, 3.05) is 12.3 Å². The smallest absolute Gasteiger partial charge is 0.362 e. The molecule has 1 rings (SSSR count). The van der Waals surface area contributed by atoms with Gasteiger partial charge in [-0.2, -0.15) is 0 Å². The van der Waals surface area contributed by atoms with E-state index in [2.05, 4.69) is 18.8 Å². The molecule has 1 aromatic heterocycles. The highest BCUT2D eigenvalue weighted by molar-refractivity contribution is 5.91. The first kappa shape index (κ1) is 12.5. The van der Waals surface area contributed by atoms with Crippen molar-refractivity contribution in [3.05, 3.63) is 11.6 Å². The molecular weight excluding hydrogens is 208 g/mol. The minimum atomic E-state index is -0.536. The number of carbonyl (C=O) groups excluding carboxylic acids is 1. The lowest BCUT2D eigenvalue weighted by Crippen LogP contribution is -2.08. The van der Waals surface area contributed by atoms with Crippen molar-refractivity contribution >= 4 is 11.9 Å². The number of anilines is 1. The van der Waals surface area contributed by atoms with Crippen LogP contribution >= 0.6 is 0 Å². The summed E-state index contributed by atoms with van der Waals surface area (Å²) in [6.45, 7) is 8.10. The highest BCUT2D eigenvalue weighted by atomic mass is 16.5. The number of esters is 1. The van der Waals surface area contributed by atoms with Gasteiger partial charge in [0.05, 0.1) is 6.61 Å². The second-order valence-electron chi connectivity index (χ2n) is 4.02. The quantitative estimate of drug-likeness (QED) is 0.796. The van der Waals surface area contributed by atoms with Crippen molar-refractivity contribution in [3.8, 4) is 0 Å². The summed E-state index contributed by atoms with van der Waals surface area (Å²) < 4.78 is 10.1. The van der Waals surface area contributed by atoms with Gasteiger partial charge in [0.15, 0.2) is 0 Å². The molecule has 1 heterocycles. The van der Waals surface area contributed by atoms with Crippen LogP contribution in [0.25, 0.3) is 0 Å². The maximum absolute atomic E-state index is 11.4. The number of oxazole rings is 1. The molecule has 16 heavy (non-hydrogen) atoms. The second kappa shape index (κ2) is 5.01. The van der Waals surface area contributed by atoms with E-state index in [0.29, 0.717) is 18.4 Å². The monoisotopic (exact) mass is 226 g/mol. The molecule has 0 bridgehead atoms. The van der Waals surface area contributed by atoms with Crippen molar-refractivity contribution in [1.29, 1.82) is 0 Å². The van der Waals surface area contributed by atoms with Crippen LogP contribution in [0.4, 0.5) is 5.88 Å². The minimum Gasteiger partial charge on any atom is -0.461 e. The third-order valence-corrected chi connectivity index (χ3v) is 2.53. The van der Waals surface area contributed by atoms with E-state index in [1.807, 2.05) is 6.92 Å². The topological polar surface area (TPSA) is 78.3 Å². The molecule has 1 aromatic rings. The van der Waals surface area contributed by atoms with Gasteiger partial charge >= 0.3 is 5.97 Å². The summed E-state index contributed by atoms with van der Waals surface area (Å²) in [5, 5.41) is 0. The second-order valence-corrected chi connectivity index (χ2v) is 4.02. The van der Waals surface area contributed by atoms with Gasteiger partial charge in [-0.05, 0) is 12.8 Å². The lowest BCUT2D eigenvalue weighted by Gasteiger charge is -2.09. The first-order valence-electron chi connectivity index (χ1n) is 5.40. The highest BCUT2D eigenvalue weighted by Crippen LogP contribution is 2.26. The van der Waals surface area contributed by atoms with Crippen LogP contribution in [-0.4, -0.2) is 17.6 Å². The Hall–Kier alpha value is -1.52. The lowest BCUT2D eigenvalue weighted by molar-refractivity contribution is 0.0521. The molecule has 0 saturated heterocycles. The summed E-state index contributed by atoms with van der Waals surface area (Å²) in [6.07, 6.45) is 0. The summed E-state index contributed by atoms with van der Waals surface area (Å²) in [4.78, 5) is 15.5. The van der Waals surface area contributed by atoms with E-state index in [-0.39, 0.29) is 17.5 Å². The van der Waals surface area contributed by atoms with E-state index in [1.54, 1.807) is 6.92 Å². The summed E-state index contributed by atoms with van der Waals surface area (Å²) in [5.41, 5.74) is 5.65. The fraction of sp³-hybridized carbons (Fsp3) is 0.636. The summed E-state index contributed by atoms with van der Waals surface area (Å²) >= 11 is 0. The number of ether oxygens (including phenoxy) is 1. The van der Waals surface area contributed by atoms with E-state index in [4.69, 9.17) is 14.9 Å². The lowest BCUT2D eigenvalue weighted by atomic mass is 9.98. The van der Waals surface area contributed by atoms with Crippen LogP contribution in [0, 0.1) is 5.92 Å². The predicted molar refractivity (Wildman–Crippen MR) is 60.1 cm³/mol. The number of nitrogens with two attached hydrogens (primary N) is 1. The Morgan fingerprint density at radius 3 is 2.62 bits per heavy atom. The molecule has 1 atom stereocenters. The van der Waals surface area contributed by atoms with Gasteiger partial charge in [-0.15, -0.1) is 0 Å². The number of aromatic nitrogens is 1. The number of hydrogen-bond donors (Lipinski definition) is 1. The molecule has 0 aliphatic heterocycles. The van der Waals surface area contributed by atoms with Gasteiger partial charge in [0.2, 0.25) is 17.5 Å². The molecule has 0 aliphatic rings. The Morgan fingerprint density at radius 2 is 2.12 bits per heavy atom. The minimum absolute atomic E-state index is 0.0287. The molecular formula is C11H18N2O3. The normalized spacial score (nSPS) is 12.8. The molecule has 0 aromatic carbocycles. The van der Waals surface area contributed by atoms with Crippen molar-refractivity contribution in [3.63, 3.8) is 0 Å². The van der Waals surface area contributed by atoms with Gasteiger partial charge in [0, 0.05) is 5.92 Å². The molecule has 90 valence electrons. The zero-order valence-electron chi connectivity index (χ0n) is 10.1. The summed E-state index contributed by atoms with van der Waals surface area (Å²) in [6, 6.07) is 0. The van der Waals surface area contributed by atoms with E-state index in [0.717, 1.165) is 0 Å². The van der Waals surface area contributed by atoms with Crippen molar-refractivity contribution < 1.29 is 13.9 Å². The van der Waals surface area contributed by atoms with E-state index in [1.165, 1.54) is 0 Å². The van der Waals surface area contributed by atoms with Crippen LogP contribution in [0.5, 0.6) is 0 Å². The molecule has 0 fully saturated rings. The van der Waals surface area contributed by atoms with Gasteiger partial charge in [-0.1, -0.05) is 20.8 Å². The largest absolute Gasteiger partial charge is 0.461 e. The average molecular weight is 226 g/mol. The number of nitrogens with zero attached hydrogens (tertiary/aromatic N) is 1. The number of rotatable bonds is 4. The SMILES string of the molecule is CCOC(=O)c1nc(C(C)C(C)C)oc1N. The summed E-state index contributed by atoms with van der Waals surface area (Å²) in [5.74, 6) is 0.459. The van der Waals surface area contributed by atoms with Crippen LogP contribution < -0.4 is 5.73 Å². The molecule has 0 spiro atoms. The Labute approximate surface area is 95.0 Å². The fourth-order valence-corrected chi connectivity index (χ4v) is 1.17. The van der Waals surface area contributed by atoms with Crippen LogP contribution in [0.2, 0.25) is 0 Å². The van der Waals surface area contributed by atoms with Crippen LogP contribution in [0.1, 0.15) is 50.0 Å². The Kier molecular flexibility index (Phi) is 3.93. The number of nitrogen functional groups attached to an aromatic ring is 1. The first-order chi connectivity index (χ1) is 7.47. The zero-order chi connectivity index (χ0) is 12.3. The maximum atomic E-state index is 11.4. The molecule has 5 nitrogen and oxygen atoms in total. The van der Waals surface area contributed by atoms with Crippen LogP contribution in [0.3, 0.4) is 0 Å². The third kappa shape index (κ3) is 2.53. The average Bonchev–Trinajstić information content (AvgIpc) is 2.59. The van der Waals surface area contributed by atoms with Gasteiger partial charge in [-0.3, -0.25) is 0 Å². The molecule has 0 radical (unpaired) electrons. The maximum Gasteiger partial charge on any atom is 0.362 e. The van der Waals surface area contributed by atoms with Gasteiger partial charge in [-0.25, -0.2) is 9.78 Å². The van der Waals surface area contributed by atoms with Gasteiger partial charge in [0.25, 0.3) is 0 Å². The van der Waals surface area contributed by atoms with Gasteiger partial charge in [0.1, 0.15) is 0 Å². The van der Waals surface area contributed by atoms with Crippen LogP contribution in [-0.2, 0) is 4.74 Å². The Bertz CT molecular complexity index is 371. The van der Waals surface area contributed by atoms with Crippen molar-refractivity contribution in [2.24, 2.45) is 5.92 Å². The molecule has 0 amide bonds. The van der Waals surface area contributed by atoms with E-state index >= 15 is 0 Å². The number of carbonyl (C=O) groups is 1. The van der Waals surface area contributed by atoms with Gasteiger partial charge < -0.3 is 14.9 Å². The summed E-state index contributed by atoms with van der Waals surface area (Å²) in [7, 11) is 0. The van der Waals surface area contributed by atoms with E-state index < -0.39 is 5.97 Å². The molecule has 1 unspecified atom stereocenters. The Balaban J connectivity index is 2.93. The standard InChI is InChI=1S/C11H18N2O3/c1-5-15-11(14)8-9(12)16-10(13-8)7(4)6(2)3/h6-7H,5,12H2,1-4H3. The Morgan fingerprint density at radius 1 is 1.50 bits per heavy atom. The molecule has 2 N–H and O–H groups in total. The van der Waals surface area contributed by atoms with E-state index in [9.17, 15) is 4.79 Å². The highest BCUT2D eigenvalue weighted by Gasteiger charge is 2.23. The zero-order valence-corrected chi connectivity index (χ0v) is 10.1. The van der Waals surface area contributed by atoms with Crippen molar-refractivity contribution in [2.45, 2.75) is 33.6 Å². The van der Waals surface area contributed by atoms with Crippen molar-refractivity contribution in [1.82, 2.24) is 4.98 Å².